The Kier molecular flexibility index (Phi) is 4.60. The normalized spacial score (nSPS) is 16.9. The topological polar surface area (TPSA) is 55.3 Å². The minimum Gasteiger partial charge on any atom is -0.497 e. The fraction of sp³-hybridized carbons (Fsp3) is 0.167. The summed E-state index contributed by atoms with van der Waals surface area (Å²) in [5, 5.41) is 9.41. The van der Waals surface area contributed by atoms with E-state index in [1.165, 1.54) is 23.5 Å². The summed E-state index contributed by atoms with van der Waals surface area (Å²) in [5.41, 5.74) is 1.77. The lowest BCUT2D eigenvalue weighted by Crippen LogP contribution is -2.27. The summed E-state index contributed by atoms with van der Waals surface area (Å²) < 4.78 is 18.3. The van der Waals surface area contributed by atoms with Crippen molar-refractivity contribution in [3.05, 3.63) is 59.9 Å². The third-order valence-corrected chi connectivity index (χ3v) is 6.16. The minimum atomic E-state index is -0.302. The first-order valence-corrected chi connectivity index (χ1v) is 9.69. The van der Waals surface area contributed by atoms with Crippen molar-refractivity contribution in [1.82, 2.24) is 10.2 Å². The molecule has 0 radical (unpaired) electrons. The van der Waals surface area contributed by atoms with E-state index in [2.05, 4.69) is 10.2 Å². The van der Waals surface area contributed by atoms with Gasteiger partial charge in [-0.3, -0.25) is 9.69 Å². The molecule has 0 N–H and O–H groups in total. The summed E-state index contributed by atoms with van der Waals surface area (Å²) in [5.74, 6) is 0.855. The molecule has 2 aromatic carbocycles. The number of nitrogens with zero attached hydrogens (tertiary/aromatic N) is 3. The molecule has 0 aliphatic carbocycles. The maximum Gasteiger partial charge on any atom is 0.240 e. The number of hydrogen-bond donors (Lipinski definition) is 0. The second-order valence-corrected chi connectivity index (χ2v) is 7.62. The highest BCUT2D eigenvalue weighted by atomic mass is 32.2. The predicted molar refractivity (Wildman–Crippen MR) is 101 cm³/mol. The summed E-state index contributed by atoms with van der Waals surface area (Å²) in [6.07, 6.45) is 0. The molecular formula is C18H14FN3O2S2. The minimum absolute atomic E-state index is 0.00220. The zero-order valence-corrected chi connectivity index (χ0v) is 15.4. The number of thioether (sulfide) groups is 1. The smallest absolute Gasteiger partial charge is 0.240 e. The first-order chi connectivity index (χ1) is 12.7. The van der Waals surface area contributed by atoms with Crippen LogP contribution >= 0.6 is 23.1 Å². The molecule has 8 heteroatoms. The molecular weight excluding hydrogens is 373 g/mol. The van der Waals surface area contributed by atoms with Gasteiger partial charge in [0.25, 0.3) is 0 Å². The number of benzene rings is 2. The van der Waals surface area contributed by atoms with Crippen LogP contribution in [0.5, 0.6) is 5.75 Å². The molecule has 132 valence electrons. The van der Waals surface area contributed by atoms with Crippen LogP contribution in [0.25, 0.3) is 10.6 Å². The van der Waals surface area contributed by atoms with Crippen LogP contribution in [0.15, 0.2) is 48.5 Å². The van der Waals surface area contributed by atoms with Gasteiger partial charge in [-0.05, 0) is 42.0 Å². The lowest BCUT2D eigenvalue weighted by Gasteiger charge is -2.21. The third-order valence-electron chi connectivity index (χ3n) is 3.98. The third kappa shape index (κ3) is 3.17. The van der Waals surface area contributed by atoms with Crippen molar-refractivity contribution in [3.63, 3.8) is 0 Å². The number of carbonyl (C=O) groups excluding carboxylic acids is 1. The number of anilines is 1. The zero-order valence-electron chi connectivity index (χ0n) is 13.8. The van der Waals surface area contributed by atoms with Crippen LogP contribution in [-0.2, 0) is 4.79 Å². The molecule has 0 spiro atoms. The second-order valence-electron chi connectivity index (χ2n) is 5.60. The van der Waals surface area contributed by atoms with E-state index in [4.69, 9.17) is 4.74 Å². The van der Waals surface area contributed by atoms with E-state index in [1.54, 1.807) is 35.9 Å². The van der Waals surface area contributed by atoms with Crippen molar-refractivity contribution in [1.29, 1.82) is 0 Å². The standard InChI is InChI=1S/C18H14FN3O2S2/c1-24-14-8-4-12(5-9-14)17-22(15(23)10-25-17)18-21-20-16(26-18)11-2-6-13(19)7-3-11/h2-9,17H,10H2,1H3/t17-/m0/s1. The lowest BCUT2D eigenvalue weighted by molar-refractivity contribution is -0.115. The predicted octanol–water partition coefficient (Wildman–Crippen LogP) is 4.13. The van der Waals surface area contributed by atoms with Crippen molar-refractivity contribution < 1.29 is 13.9 Å². The molecule has 4 rings (SSSR count). The number of aromatic nitrogens is 2. The molecule has 1 amide bonds. The summed E-state index contributed by atoms with van der Waals surface area (Å²) in [4.78, 5) is 14.1. The summed E-state index contributed by atoms with van der Waals surface area (Å²) in [6.45, 7) is 0. The Morgan fingerprint density at radius 3 is 2.54 bits per heavy atom. The quantitative estimate of drug-likeness (QED) is 0.674. The monoisotopic (exact) mass is 387 g/mol. The fourth-order valence-corrected chi connectivity index (χ4v) is 4.79. The van der Waals surface area contributed by atoms with Crippen LogP contribution in [0.3, 0.4) is 0 Å². The van der Waals surface area contributed by atoms with Crippen LogP contribution in [0, 0.1) is 5.82 Å². The van der Waals surface area contributed by atoms with Gasteiger partial charge in [-0.2, -0.15) is 0 Å². The lowest BCUT2D eigenvalue weighted by atomic mass is 10.2. The number of halogens is 1. The first kappa shape index (κ1) is 17.0. The van der Waals surface area contributed by atoms with Gasteiger partial charge in [0, 0.05) is 5.56 Å². The molecule has 0 saturated carbocycles. The van der Waals surface area contributed by atoms with E-state index >= 15 is 0 Å². The number of hydrogen-bond acceptors (Lipinski definition) is 6. The van der Waals surface area contributed by atoms with Crippen LogP contribution in [0.4, 0.5) is 9.52 Å². The number of amides is 1. The molecule has 26 heavy (non-hydrogen) atoms. The van der Waals surface area contributed by atoms with Crippen LogP contribution in [-0.4, -0.2) is 29.0 Å². The number of carbonyl (C=O) groups is 1. The number of methoxy groups -OCH3 is 1. The summed E-state index contributed by atoms with van der Waals surface area (Å²) in [6, 6.07) is 13.7. The molecule has 0 bridgehead atoms. The van der Waals surface area contributed by atoms with Crippen LogP contribution < -0.4 is 9.64 Å². The van der Waals surface area contributed by atoms with E-state index < -0.39 is 0 Å². The number of ether oxygens (including phenoxy) is 1. The second kappa shape index (κ2) is 7.05. The van der Waals surface area contributed by atoms with Crippen molar-refractivity contribution >= 4 is 34.1 Å². The van der Waals surface area contributed by atoms with Gasteiger partial charge in [0.2, 0.25) is 11.0 Å². The molecule has 1 fully saturated rings. The average molecular weight is 387 g/mol. The Hall–Kier alpha value is -2.45. The number of rotatable bonds is 4. The maximum absolute atomic E-state index is 13.1. The van der Waals surface area contributed by atoms with Gasteiger partial charge in [0.15, 0.2) is 0 Å². The average Bonchev–Trinajstić information content (AvgIpc) is 3.29. The molecule has 1 aliphatic rings. The summed E-state index contributed by atoms with van der Waals surface area (Å²) >= 11 is 2.87. The molecule has 0 unspecified atom stereocenters. The molecule has 1 atom stereocenters. The molecule has 1 saturated heterocycles. The highest BCUT2D eigenvalue weighted by molar-refractivity contribution is 8.00. The maximum atomic E-state index is 13.1. The van der Waals surface area contributed by atoms with Gasteiger partial charge in [0.1, 0.15) is 21.9 Å². The Morgan fingerprint density at radius 2 is 1.85 bits per heavy atom. The van der Waals surface area contributed by atoms with Crippen LogP contribution in [0.2, 0.25) is 0 Å². The molecule has 1 aliphatic heterocycles. The largest absolute Gasteiger partial charge is 0.497 e. The Labute approximate surface area is 157 Å². The Bertz CT molecular complexity index is 928. The van der Waals surface area contributed by atoms with Crippen molar-refractivity contribution in [2.45, 2.75) is 5.37 Å². The molecule has 2 heterocycles. The van der Waals surface area contributed by atoms with Gasteiger partial charge >= 0.3 is 0 Å². The summed E-state index contributed by atoms with van der Waals surface area (Å²) in [7, 11) is 1.62. The highest BCUT2D eigenvalue weighted by Gasteiger charge is 2.36. The zero-order chi connectivity index (χ0) is 18.1. The van der Waals surface area contributed by atoms with E-state index in [1.807, 2.05) is 24.3 Å². The van der Waals surface area contributed by atoms with Crippen molar-refractivity contribution in [3.8, 4) is 16.3 Å². The molecule has 1 aromatic heterocycles. The van der Waals surface area contributed by atoms with E-state index in [0.29, 0.717) is 15.9 Å². The van der Waals surface area contributed by atoms with Gasteiger partial charge in [-0.25, -0.2) is 4.39 Å². The SMILES string of the molecule is COc1ccc([C@@H]2SCC(=O)N2c2nnc(-c3ccc(F)cc3)s2)cc1. The highest BCUT2D eigenvalue weighted by Crippen LogP contribution is 2.43. The van der Waals surface area contributed by atoms with Gasteiger partial charge in [0.05, 0.1) is 12.9 Å². The first-order valence-electron chi connectivity index (χ1n) is 7.83. The fourth-order valence-electron chi connectivity index (χ4n) is 2.67. The van der Waals surface area contributed by atoms with E-state index in [9.17, 15) is 9.18 Å². The van der Waals surface area contributed by atoms with Crippen molar-refractivity contribution in [2.75, 3.05) is 17.8 Å². The van der Waals surface area contributed by atoms with Crippen molar-refractivity contribution in [2.24, 2.45) is 0 Å². The molecule has 3 aromatic rings. The van der Waals surface area contributed by atoms with Gasteiger partial charge < -0.3 is 4.74 Å². The Balaban J connectivity index is 1.64. The van der Waals surface area contributed by atoms with Gasteiger partial charge in [-0.15, -0.1) is 22.0 Å². The van der Waals surface area contributed by atoms with E-state index in [-0.39, 0.29) is 17.1 Å². The van der Waals surface area contributed by atoms with Crippen LogP contribution in [0.1, 0.15) is 10.9 Å². The Morgan fingerprint density at radius 1 is 1.12 bits per heavy atom. The van der Waals surface area contributed by atoms with E-state index in [0.717, 1.165) is 16.9 Å². The van der Waals surface area contributed by atoms with Gasteiger partial charge in [-0.1, -0.05) is 23.5 Å². The molecule has 5 nitrogen and oxygen atoms in total.